The molecular formula is C16H23N3OS. The highest BCUT2D eigenvalue weighted by molar-refractivity contribution is 7.19. The summed E-state index contributed by atoms with van der Waals surface area (Å²) in [7, 11) is 0. The molecule has 4 nitrogen and oxygen atoms in total. The van der Waals surface area contributed by atoms with Gasteiger partial charge in [-0.05, 0) is 44.6 Å². The number of anilines is 1. The minimum atomic E-state index is -0.0363. The fourth-order valence-corrected chi connectivity index (χ4v) is 4.37. The van der Waals surface area contributed by atoms with Crippen molar-refractivity contribution in [1.82, 2.24) is 9.97 Å². The van der Waals surface area contributed by atoms with Crippen molar-refractivity contribution in [3.8, 4) is 0 Å². The van der Waals surface area contributed by atoms with E-state index in [-0.39, 0.29) is 6.10 Å². The molecule has 0 saturated carbocycles. The third-order valence-corrected chi connectivity index (χ3v) is 5.25. The standard InChI is InChI=1S/C16H23N3OS/c1-3-7-11(20-4-2)15-18-14(17)13-10-8-5-6-9-12(10)21-16(13)19-15/h11H,3-9H2,1-2H3,(H2,17,18,19). The van der Waals surface area contributed by atoms with Crippen LogP contribution in [0.5, 0.6) is 0 Å². The summed E-state index contributed by atoms with van der Waals surface area (Å²) in [6, 6.07) is 0. The van der Waals surface area contributed by atoms with Crippen LogP contribution >= 0.6 is 11.3 Å². The lowest BCUT2D eigenvalue weighted by molar-refractivity contribution is 0.0497. The zero-order chi connectivity index (χ0) is 14.8. The van der Waals surface area contributed by atoms with Gasteiger partial charge in [-0.1, -0.05) is 13.3 Å². The van der Waals surface area contributed by atoms with Gasteiger partial charge in [-0.2, -0.15) is 0 Å². The Morgan fingerprint density at radius 2 is 2.05 bits per heavy atom. The first-order chi connectivity index (χ1) is 10.2. The Morgan fingerprint density at radius 3 is 2.81 bits per heavy atom. The minimum absolute atomic E-state index is 0.0363. The molecule has 0 fully saturated rings. The van der Waals surface area contributed by atoms with Crippen LogP contribution in [0.4, 0.5) is 5.82 Å². The van der Waals surface area contributed by atoms with Crippen LogP contribution in [0.15, 0.2) is 0 Å². The van der Waals surface area contributed by atoms with E-state index in [1.807, 2.05) is 6.92 Å². The molecule has 2 aromatic rings. The van der Waals surface area contributed by atoms with E-state index >= 15 is 0 Å². The number of nitrogens with two attached hydrogens (primary N) is 1. The summed E-state index contributed by atoms with van der Waals surface area (Å²) in [4.78, 5) is 11.9. The van der Waals surface area contributed by atoms with Gasteiger partial charge in [0.1, 0.15) is 16.8 Å². The van der Waals surface area contributed by atoms with Gasteiger partial charge in [-0.15, -0.1) is 11.3 Å². The van der Waals surface area contributed by atoms with Crippen molar-refractivity contribution >= 4 is 27.4 Å². The molecule has 21 heavy (non-hydrogen) atoms. The monoisotopic (exact) mass is 305 g/mol. The SMILES string of the molecule is CCCC(OCC)c1nc(N)c2c3c(sc2n1)CCCC3. The van der Waals surface area contributed by atoms with E-state index in [0.29, 0.717) is 12.4 Å². The topological polar surface area (TPSA) is 61.0 Å². The molecular weight excluding hydrogens is 282 g/mol. The Hall–Kier alpha value is -1.20. The first-order valence-electron chi connectivity index (χ1n) is 7.93. The zero-order valence-corrected chi connectivity index (χ0v) is 13.6. The van der Waals surface area contributed by atoms with E-state index in [4.69, 9.17) is 15.5 Å². The smallest absolute Gasteiger partial charge is 0.161 e. The highest BCUT2D eigenvalue weighted by atomic mass is 32.1. The van der Waals surface area contributed by atoms with E-state index in [9.17, 15) is 0 Å². The number of nitrogen functional groups attached to an aromatic ring is 1. The number of aryl methyl sites for hydroxylation is 2. The molecule has 0 saturated heterocycles. The van der Waals surface area contributed by atoms with Crippen molar-refractivity contribution in [2.75, 3.05) is 12.3 Å². The van der Waals surface area contributed by atoms with Gasteiger partial charge in [-0.3, -0.25) is 0 Å². The quantitative estimate of drug-likeness (QED) is 0.906. The third kappa shape index (κ3) is 2.77. The maximum absolute atomic E-state index is 6.26. The molecule has 0 aromatic carbocycles. The van der Waals surface area contributed by atoms with E-state index < -0.39 is 0 Å². The predicted molar refractivity (Wildman–Crippen MR) is 87.7 cm³/mol. The number of nitrogens with zero attached hydrogens (tertiary/aromatic N) is 2. The summed E-state index contributed by atoms with van der Waals surface area (Å²) in [5.74, 6) is 1.39. The molecule has 2 aromatic heterocycles. The van der Waals surface area contributed by atoms with Gasteiger partial charge in [-0.25, -0.2) is 9.97 Å². The highest BCUT2D eigenvalue weighted by Gasteiger charge is 2.22. The molecule has 1 aliphatic carbocycles. The summed E-state index contributed by atoms with van der Waals surface area (Å²) in [5.41, 5.74) is 7.65. The highest BCUT2D eigenvalue weighted by Crippen LogP contribution is 2.38. The van der Waals surface area contributed by atoms with E-state index in [2.05, 4.69) is 11.9 Å². The molecule has 0 aliphatic heterocycles. The van der Waals surface area contributed by atoms with Gasteiger partial charge < -0.3 is 10.5 Å². The van der Waals surface area contributed by atoms with Crippen LogP contribution in [0, 0.1) is 0 Å². The van der Waals surface area contributed by atoms with Crippen molar-refractivity contribution in [2.24, 2.45) is 0 Å². The van der Waals surface area contributed by atoms with Gasteiger partial charge >= 0.3 is 0 Å². The largest absolute Gasteiger partial charge is 0.383 e. The number of hydrogen-bond acceptors (Lipinski definition) is 5. The van der Waals surface area contributed by atoms with E-state index in [1.54, 1.807) is 11.3 Å². The van der Waals surface area contributed by atoms with E-state index in [1.165, 1.54) is 23.3 Å². The van der Waals surface area contributed by atoms with Crippen LogP contribution in [-0.4, -0.2) is 16.6 Å². The summed E-state index contributed by atoms with van der Waals surface area (Å²) in [5, 5.41) is 1.10. The predicted octanol–water partition coefficient (Wildman–Crippen LogP) is 4.03. The molecule has 0 bridgehead atoms. The number of aromatic nitrogens is 2. The van der Waals surface area contributed by atoms with Gasteiger partial charge in [0.15, 0.2) is 5.82 Å². The molecule has 1 atom stereocenters. The molecule has 114 valence electrons. The van der Waals surface area contributed by atoms with Crippen LogP contribution in [0.25, 0.3) is 10.2 Å². The minimum Gasteiger partial charge on any atom is -0.383 e. The molecule has 3 rings (SSSR count). The Kier molecular flexibility index (Phi) is 4.40. The maximum atomic E-state index is 6.26. The number of thiophene rings is 1. The normalized spacial score (nSPS) is 16.1. The fourth-order valence-electron chi connectivity index (χ4n) is 3.10. The van der Waals surface area contributed by atoms with Gasteiger partial charge in [0.2, 0.25) is 0 Å². The molecule has 0 spiro atoms. The van der Waals surface area contributed by atoms with Crippen LogP contribution in [-0.2, 0) is 17.6 Å². The number of ether oxygens (including phenoxy) is 1. The van der Waals surface area contributed by atoms with E-state index in [0.717, 1.165) is 41.7 Å². The van der Waals surface area contributed by atoms with Crippen molar-refractivity contribution in [2.45, 2.75) is 58.5 Å². The molecule has 1 unspecified atom stereocenters. The second kappa shape index (κ2) is 6.28. The third-order valence-electron chi connectivity index (χ3n) is 4.07. The summed E-state index contributed by atoms with van der Waals surface area (Å²) >= 11 is 1.79. The van der Waals surface area contributed by atoms with Crippen LogP contribution < -0.4 is 5.73 Å². The average Bonchev–Trinajstić information content (AvgIpc) is 2.85. The lowest BCUT2D eigenvalue weighted by Crippen LogP contribution is -2.10. The van der Waals surface area contributed by atoms with Crippen molar-refractivity contribution < 1.29 is 4.74 Å². The molecule has 2 N–H and O–H groups in total. The lowest BCUT2D eigenvalue weighted by Gasteiger charge is -2.15. The van der Waals surface area contributed by atoms with Gasteiger partial charge in [0, 0.05) is 11.5 Å². The molecule has 0 amide bonds. The van der Waals surface area contributed by atoms with Crippen LogP contribution in [0.2, 0.25) is 0 Å². The number of hydrogen-bond donors (Lipinski definition) is 1. The van der Waals surface area contributed by atoms with Crippen molar-refractivity contribution in [3.05, 3.63) is 16.3 Å². The first-order valence-corrected chi connectivity index (χ1v) is 8.75. The summed E-state index contributed by atoms with van der Waals surface area (Å²) in [6.07, 6.45) is 6.75. The van der Waals surface area contributed by atoms with Crippen molar-refractivity contribution in [1.29, 1.82) is 0 Å². The second-order valence-electron chi connectivity index (χ2n) is 5.59. The van der Waals surface area contributed by atoms with Crippen LogP contribution in [0.3, 0.4) is 0 Å². The van der Waals surface area contributed by atoms with Crippen LogP contribution in [0.1, 0.15) is 61.9 Å². The Balaban J connectivity index is 2.06. The Labute approximate surface area is 129 Å². The number of fused-ring (bicyclic) bond motifs is 3. The molecule has 2 heterocycles. The first kappa shape index (κ1) is 14.7. The second-order valence-corrected chi connectivity index (χ2v) is 6.67. The Morgan fingerprint density at radius 1 is 1.24 bits per heavy atom. The zero-order valence-electron chi connectivity index (χ0n) is 12.8. The Bertz CT molecular complexity index is 632. The maximum Gasteiger partial charge on any atom is 0.161 e. The molecule has 1 aliphatic rings. The van der Waals surface area contributed by atoms with Crippen molar-refractivity contribution in [3.63, 3.8) is 0 Å². The number of rotatable bonds is 5. The molecule has 0 radical (unpaired) electrons. The molecule has 5 heteroatoms. The summed E-state index contributed by atoms with van der Waals surface area (Å²) in [6.45, 7) is 4.83. The van der Waals surface area contributed by atoms with Gasteiger partial charge in [0.25, 0.3) is 0 Å². The fraction of sp³-hybridized carbons (Fsp3) is 0.625. The van der Waals surface area contributed by atoms with Gasteiger partial charge in [0.05, 0.1) is 5.39 Å². The average molecular weight is 305 g/mol. The lowest BCUT2D eigenvalue weighted by atomic mass is 9.97. The summed E-state index contributed by atoms with van der Waals surface area (Å²) < 4.78 is 5.80.